The number of ether oxygens (including phenoxy) is 1. The fourth-order valence-electron chi connectivity index (χ4n) is 4.80. The molecule has 8 heteroatoms. The number of aliphatic imine (C=N–C) groups is 1. The lowest BCUT2D eigenvalue weighted by Crippen LogP contribution is -2.51. The van der Waals surface area contributed by atoms with Gasteiger partial charge in [0.1, 0.15) is 11.6 Å². The van der Waals surface area contributed by atoms with Gasteiger partial charge in [-0.2, -0.15) is 5.10 Å². The van der Waals surface area contributed by atoms with Gasteiger partial charge < -0.3 is 14.7 Å². The Balaban J connectivity index is 1.26. The second-order valence-corrected chi connectivity index (χ2v) is 9.08. The third-order valence-electron chi connectivity index (χ3n) is 6.68. The monoisotopic (exact) mass is 459 g/mol. The lowest BCUT2D eigenvalue weighted by Gasteiger charge is -2.38. The Bertz CT molecular complexity index is 1230. The molecule has 34 heavy (non-hydrogen) atoms. The minimum Gasteiger partial charge on any atom is -0.496 e. The number of carbonyl (C=O) groups excluding carboxylic acids is 1. The van der Waals surface area contributed by atoms with Crippen molar-refractivity contribution < 1.29 is 14.6 Å². The Morgan fingerprint density at radius 3 is 2.62 bits per heavy atom. The van der Waals surface area contributed by atoms with Gasteiger partial charge in [0.2, 0.25) is 0 Å². The van der Waals surface area contributed by atoms with Crippen LogP contribution in [0.3, 0.4) is 0 Å². The summed E-state index contributed by atoms with van der Waals surface area (Å²) >= 11 is 0. The predicted molar refractivity (Wildman–Crippen MR) is 130 cm³/mol. The molecule has 0 saturated carbocycles. The maximum atomic E-state index is 13.0. The first-order valence-corrected chi connectivity index (χ1v) is 11.5. The predicted octanol–water partition coefficient (Wildman–Crippen LogP) is 3.46. The van der Waals surface area contributed by atoms with Gasteiger partial charge in [-0.05, 0) is 30.5 Å². The number of hydrogen-bond acceptors (Lipinski definition) is 5. The van der Waals surface area contributed by atoms with Crippen LogP contribution in [0.15, 0.2) is 59.9 Å². The summed E-state index contributed by atoms with van der Waals surface area (Å²) in [5.74, 6) is 1.35. The van der Waals surface area contributed by atoms with E-state index in [1.165, 1.54) is 0 Å². The van der Waals surface area contributed by atoms with E-state index in [1.807, 2.05) is 55.7 Å². The van der Waals surface area contributed by atoms with Gasteiger partial charge in [-0.3, -0.25) is 10.00 Å². The minimum absolute atomic E-state index is 0.185. The summed E-state index contributed by atoms with van der Waals surface area (Å²) in [5, 5.41) is 18.3. The molecule has 0 spiro atoms. The lowest BCUT2D eigenvalue weighted by molar-refractivity contribution is -0.0112. The second-order valence-electron chi connectivity index (χ2n) is 9.08. The van der Waals surface area contributed by atoms with Gasteiger partial charge in [-0.25, -0.2) is 9.79 Å². The highest BCUT2D eigenvalue weighted by Crippen LogP contribution is 2.42. The van der Waals surface area contributed by atoms with Crippen molar-refractivity contribution in [3.8, 4) is 16.9 Å². The average molecular weight is 460 g/mol. The molecule has 2 N–H and O–H groups in total. The van der Waals surface area contributed by atoms with E-state index in [2.05, 4.69) is 10.4 Å². The zero-order valence-electron chi connectivity index (χ0n) is 19.5. The van der Waals surface area contributed by atoms with E-state index in [1.54, 1.807) is 22.9 Å². The van der Waals surface area contributed by atoms with Crippen LogP contribution in [0.4, 0.5) is 10.5 Å². The number of aromatic nitrogens is 2. The highest BCUT2D eigenvalue weighted by molar-refractivity contribution is 6.04. The quantitative estimate of drug-likeness (QED) is 0.625. The standard InChI is InChI=1S/C26H29N5O3/c1-30-17-19(16-27-30)20-8-9-22(34-2)21-14-23(28-24(20)21)29-25(32)31-12-10-26(33,11-13-31)15-18-6-4-3-5-7-18/h3-9,16-17,33H,10-15H2,1-2H3,(H,28,29,32). The van der Waals surface area contributed by atoms with Crippen LogP contribution in [-0.2, 0) is 19.9 Å². The SMILES string of the molecule is COc1ccc(-c2cnn(C)c2)c2c1CC(NC(=O)N1CCC(O)(Cc3ccccc3)CC1)=N2. The number of methoxy groups -OCH3 is 1. The molecule has 0 radical (unpaired) electrons. The van der Waals surface area contributed by atoms with E-state index in [0.717, 1.165) is 33.7 Å². The molecule has 0 aliphatic carbocycles. The minimum atomic E-state index is -0.786. The molecule has 3 heterocycles. The number of carbonyl (C=O) groups is 1. The largest absolute Gasteiger partial charge is 0.496 e. The van der Waals surface area contributed by atoms with Crippen LogP contribution in [0.25, 0.3) is 11.1 Å². The summed E-state index contributed by atoms with van der Waals surface area (Å²) in [4.78, 5) is 19.5. The summed E-state index contributed by atoms with van der Waals surface area (Å²) in [7, 11) is 3.52. The molecule has 5 rings (SSSR count). The molecule has 0 atom stereocenters. The van der Waals surface area contributed by atoms with Gasteiger partial charge in [0, 0.05) is 55.9 Å². The number of fused-ring (bicyclic) bond motifs is 1. The number of aryl methyl sites for hydroxylation is 1. The number of nitrogens with zero attached hydrogens (tertiary/aromatic N) is 4. The van der Waals surface area contributed by atoms with Crippen LogP contribution in [0.5, 0.6) is 5.75 Å². The van der Waals surface area contributed by atoms with Crippen LogP contribution in [0, 0.1) is 0 Å². The molecule has 1 aromatic heterocycles. The van der Waals surface area contributed by atoms with Crippen molar-refractivity contribution in [3.05, 3.63) is 66.0 Å². The molecule has 2 aliphatic heterocycles. The highest BCUT2D eigenvalue weighted by Gasteiger charge is 2.34. The Kier molecular flexibility index (Phi) is 5.83. The van der Waals surface area contributed by atoms with Crippen molar-refractivity contribution in [3.63, 3.8) is 0 Å². The van der Waals surface area contributed by atoms with Crippen LogP contribution >= 0.6 is 0 Å². The molecular weight excluding hydrogens is 430 g/mol. The number of likely N-dealkylation sites (tertiary alicyclic amines) is 1. The van der Waals surface area contributed by atoms with Crippen LogP contribution in [0.1, 0.15) is 24.0 Å². The Hall–Kier alpha value is -3.65. The van der Waals surface area contributed by atoms with Crippen molar-refractivity contribution in [1.29, 1.82) is 0 Å². The van der Waals surface area contributed by atoms with Gasteiger partial charge in [0.05, 0.1) is 24.6 Å². The van der Waals surface area contributed by atoms with Crippen molar-refractivity contribution in [2.24, 2.45) is 12.0 Å². The van der Waals surface area contributed by atoms with E-state index < -0.39 is 5.60 Å². The number of amides is 2. The summed E-state index contributed by atoms with van der Waals surface area (Å²) in [5.41, 5.74) is 4.00. The lowest BCUT2D eigenvalue weighted by atomic mass is 9.85. The van der Waals surface area contributed by atoms with Gasteiger partial charge in [-0.15, -0.1) is 0 Å². The second kappa shape index (κ2) is 8.95. The van der Waals surface area contributed by atoms with Crippen molar-refractivity contribution in [1.82, 2.24) is 20.0 Å². The van der Waals surface area contributed by atoms with Crippen molar-refractivity contribution in [2.75, 3.05) is 20.2 Å². The zero-order valence-corrected chi connectivity index (χ0v) is 19.5. The van der Waals surface area contributed by atoms with E-state index in [4.69, 9.17) is 9.73 Å². The maximum absolute atomic E-state index is 13.0. The molecule has 0 unspecified atom stereocenters. The molecule has 176 valence electrons. The van der Waals surface area contributed by atoms with Gasteiger partial charge in [0.25, 0.3) is 0 Å². The number of hydrogen-bond donors (Lipinski definition) is 2. The normalized spacial score (nSPS) is 16.7. The third-order valence-corrected chi connectivity index (χ3v) is 6.68. The van der Waals surface area contributed by atoms with Crippen LogP contribution in [0.2, 0.25) is 0 Å². The number of urea groups is 1. The Morgan fingerprint density at radius 2 is 1.94 bits per heavy atom. The van der Waals surface area contributed by atoms with E-state index in [-0.39, 0.29) is 6.03 Å². The van der Waals surface area contributed by atoms with E-state index >= 15 is 0 Å². The molecule has 2 amide bonds. The highest BCUT2D eigenvalue weighted by atomic mass is 16.5. The summed E-state index contributed by atoms with van der Waals surface area (Å²) in [6.07, 6.45) is 5.92. The Labute approximate surface area is 198 Å². The molecule has 1 fully saturated rings. The molecule has 2 aliphatic rings. The number of amidine groups is 1. The summed E-state index contributed by atoms with van der Waals surface area (Å²) in [6.45, 7) is 0.999. The number of aliphatic hydroxyl groups is 1. The maximum Gasteiger partial charge on any atom is 0.322 e. The van der Waals surface area contributed by atoms with Crippen molar-refractivity contribution in [2.45, 2.75) is 31.3 Å². The van der Waals surface area contributed by atoms with Gasteiger partial charge >= 0.3 is 6.03 Å². The molecule has 3 aromatic rings. The van der Waals surface area contributed by atoms with E-state index in [0.29, 0.717) is 44.6 Å². The Morgan fingerprint density at radius 1 is 1.18 bits per heavy atom. The van der Waals surface area contributed by atoms with Crippen LogP contribution in [-0.4, -0.2) is 57.5 Å². The molecule has 1 saturated heterocycles. The molecule has 2 aromatic carbocycles. The van der Waals surface area contributed by atoms with Crippen molar-refractivity contribution >= 4 is 17.6 Å². The van der Waals surface area contributed by atoms with Gasteiger partial charge in [-0.1, -0.05) is 30.3 Å². The smallest absolute Gasteiger partial charge is 0.322 e. The summed E-state index contributed by atoms with van der Waals surface area (Å²) < 4.78 is 7.30. The fraction of sp³-hybridized carbons (Fsp3) is 0.346. The third kappa shape index (κ3) is 4.41. The molecular formula is C26H29N5O3. The number of benzene rings is 2. The van der Waals surface area contributed by atoms with Crippen LogP contribution < -0.4 is 10.1 Å². The fourth-order valence-corrected chi connectivity index (χ4v) is 4.80. The number of piperidine rings is 1. The topological polar surface area (TPSA) is 92.0 Å². The average Bonchev–Trinajstić information content (AvgIpc) is 3.45. The molecule has 0 bridgehead atoms. The molecule has 8 nitrogen and oxygen atoms in total. The summed E-state index contributed by atoms with van der Waals surface area (Å²) in [6, 6.07) is 13.7. The van der Waals surface area contributed by atoms with E-state index in [9.17, 15) is 9.90 Å². The number of rotatable bonds is 4. The first-order valence-electron chi connectivity index (χ1n) is 11.5. The van der Waals surface area contributed by atoms with Gasteiger partial charge in [0.15, 0.2) is 0 Å². The first kappa shape index (κ1) is 22.2. The number of nitrogens with one attached hydrogen (secondary N) is 1. The first-order chi connectivity index (χ1) is 16.4. The zero-order chi connectivity index (χ0) is 23.7.